The van der Waals surface area contributed by atoms with E-state index in [1.807, 2.05) is 0 Å². The Labute approximate surface area is 199 Å². The van der Waals surface area contributed by atoms with E-state index < -0.39 is 22.1 Å². The summed E-state index contributed by atoms with van der Waals surface area (Å²) in [5.41, 5.74) is 1.26. The molecule has 0 spiro atoms. The summed E-state index contributed by atoms with van der Waals surface area (Å²) in [5.74, 6) is 0.413. The molecule has 1 aliphatic rings. The Bertz CT molecular complexity index is 1040. The summed E-state index contributed by atoms with van der Waals surface area (Å²) in [4.78, 5) is 26.7. The lowest BCUT2D eigenvalue weighted by atomic mass is 10.1. The van der Waals surface area contributed by atoms with Gasteiger partial charge in [0.2, 0.25) is 5.91 Å². The Morgan fingerprint density at radius 2 is 1.77 bits per heavy atom. The highest BCUT2D eigenvalue weighted by molar-refractivity contribution is 6.53. The molecule has 1 saturated carbocycles. The number of rotatable bonds is 5. The molecule has 0 bridgehead atoms. The van der Waals surface area contributed by atoms with Crippen LogP contribution in [0.4, 0.5) is 5.69 Å². The van der Waals surface area contributed by atoms with Gasteiger partial charge >= 0.3 is 0 Å². The molecule has 156 valence electrons. The Kier molecular flexibility index (Phi) is 6.81. The number of halogens is 5. The smallest absolute Gasteiger partial charge is 0.255 e. The maximum absolute atomic E-state index is 12.8. The molecule has 2 unspecified atom stereocenters. The number of alkyl halides is 2. The summed E-state index contributed by atoms with van der Waals surface area (Å²) in [6.07, 6.45) is 5.25. The van der Waals surface area contributed by atoms with Crippen LogP contribution in [0.25, 0.3) is 0 Å². The Hall–Kier alpha value is -1.61. The van der Waals surface area contributed by atoms with E-state index in [4.69, 9.17) is 64.4 Å². The van der Waals surface area contributed by atoms with Crippen molar-refractivity contribution in [1.82, 2.24) is 4.90 Å². The maximum Gasteiger partial charge on any atom is 0.255 e. The lowest BCUT2D eigenvalue weighted by Gasteiger charge is -2.16. The van der Waals surface area contributed by atoms with Gasteiger partial charge in [0.15, 0.2) is 0 Å². The molecule has 0 saturated heterocycles. The van der Waals surface area contributed by atoms with Crippen LogP contribution >= 0.6 is 58.0 Å². The third-order valence-electron chi connectivity index (χ3n) is 4.72. The Morgan fingerprint density at radius 1 is 1.13 bits per heavy atom. The number of carbonyl (C=O) groups is 2. The van der Waals surface area contributed by atoms with Crippen molar-refractivity contribution in [2.45, 2.75) is 10.3 Å². The van der Waals surface area contributed by atoms with Gasteiger partial charge in [-0.05, 0) is 42.0 Å². The van der Waals surface area contributed by atoms with Gasteiger partial charge in [0.25, 0.3) is 5.91 Å². The number of hydrogen-bond acceptors (Lipinski definition) is 2. The topological polar surface area (TPSA) is 49.4 Å². The number of terminal acetylenes is 1. The van der Waals surface area contributed by atoms with Crippen LogP contribution in [-0.2, 0) is 4.79 Å². The zero-order chi connectivity index (χ0) is 22.2. The third-order valence-corrected chi connectivity index (χ3v) is 6.43. The molecule has 2 aromatic carbocycles. The van der Waals surface area contributed by atoms with Crippen LogP contribution in [-0.4, -0.2) is 34.6 Å². The van der Waals surface area contributed by atoms with E-state index in [0.717, 1.165) is 0 Å². The van der Waals surface area contributed by atoms with E-state index in [1.165, 1.54) is 17.0 Å². The molecule has 2 amide bonds. The van der Waals surface area contributed by atoms with E-state index in [2.05, 4.69) is 11.2 Å². The average molecular weight is 505 g/mol. The second kappa shape index (κ2) is 8.86. The van der Waals surface area contributed by atoms with Crippen LogP contribution in [0.3, 0.4) is 0 Å². The monoisotopic (exact) mass is 502 g/mol. The van der Waals surface area contributed by atoms with Gasteiger partial charge in [-0.2, -0.15) is 0 Å². The van der Waals surface area contributed by atoms with Crippen LogP contribution in [0.1, 0.15) is 21.8 Å². The van der Waals surface area contributed by atoms with Crippen LogP contribution in [0.2, 0.25) is 15.1 Å². The molecular weight excluding hydrogens is 490 g/mol. The first kappa shape index (κ1) is 23.1. The van der Waals surface area contributed by atoms with Crippen LogP contribution in [0, 0.1) is 18.3 Å². The fourth-order valence-corrected chi connectivity index (χ4v) is 4.79. The maximum atomic E-state index is 12.8. The van der Waals surface area contributed by atoms with E-state index in [9.17, 15) is 9.59 Å². The first-order valence-electron chi connectivity index (χ1n) is 8.69. The van der Waals surface area contributed by atoms with Crippen molar-refractivity contribution >= 4 is 75.5 Å². The molecule has 0 aromatic heterocycles. The lowest BCUT2D eigenvalue weighted by Crippen LogP contribution is -2.27. The second-order valence-electron chi connectivity index (χ2n) is 6.88. The van der Waals surface area contributed by atoms with Crippen molar-refractivity contribution in [3.05, 3.63) is 62.6 Å². The molecule has 0 radical (unpaired) electrons. The summed E-state index contributed by atoms with van der Waals surface area (Å²) in [5, 5.41) is 3.82. The molecule has 1 aliphatic carbocycles. The summed E-state index contributed by atoms with van der Waals surface area (Å²) < 4.78 is -1.31. The number of carbonyl (C=O) groups excluding carboxylic acids is 2. The molecule has 2 atom stereocenters. The van der Waals surface area contributed by atoms with E-state index >= 15 is 0 Å². The molecule has 2 aromatic rings. The molecular formula is C21H15Cl5N2O2. The average Bonchev–Trinajstić information content (AvgIpc) is 3.24. The minimum Gasteiger partial charge on any atom is -0.331 e. The van der Waals surface area contributed by atoms with Gasteiger partial charge in [-0.1, -0.05) is 40.7 Å². The van der Waals surface area contributed by atoms with Crippen LogP contribution < -0.4 is 5.32 Å². The second-order valence-corrected chi connectivity index (χ2v) is 9.61. The van der Waals surface area contributed by atoms with E-state index in [0.29, 0.717) is 21.3 Å². The standard InChI is InChI=1S/C21H15Cl5N2O2/c1-3-6-28(2)20(30)15-10-14(4-5-16(15)24)27-19(29)18-17(21(18,25)26)11-7-12(22)9-13(23)8-11/h1,4-5,7-10,17-18H,6H2,2H3,(H,27,29). The van der Waals surface area contributed by atoms with Crippen LogP contribution in [0.15, 0.2) is 36.4 Å². The molecule has 4 nitrogen and oxygen atoms in total. The normalized spacial score (nSPS) is 19.0. The quantitative estimate of drug-likeness (QED) is 0.409. The predicted molar refractivity (Wildman–Crippen MR) is 123 cm³/mol. The fraction of sp³-hybridized carbons (Fsp3) is 0.238. The fourth-order valence-electron chi connectivity index (χ4n) is 3.22. The molecule has 1 fully saturated rings. The summed E-state index contributed by atoms with van der Waals surface area (Å²) in [6.45, 7) is 0.124. The van der Waals surface area contributed by atoms with Crippen molar-refractivity contribution < 1.29 is 9.59 Å². The molecule has 1 N–H and O–H groups in total. The molecule has 0 aliphatic heterocycles. The van der Waals surface area contributed by atoms with Crippen molar-refractivity contribution in [3.8, 4) is 12.3 Å². The van der Waals surface area contributed by atoms with Gasteiger partial charge in [-0.3, -0.25) is 9.59 Å². The first-order chi connectivity index (χ1) is 14.1. The van der Waals surface area contributed by atoms with Gasteiger partial charge in [0.1, 0.15) is 4.33 Å². The third kappa shape index (κ3) is 4.66. The number of amides is 2. The summed E-state index contributed by atoms with van der Waals surface area (Å²) in [6, 6.07) is 9.50. The zero-order valence-electron chi connectivity index (χ0n) is 15.6. The van der Waals surface area contributed by atoms with Gasteiger partial charge in [-0.25, -0.2) is 0 Å². The van der Waals surface area contributed by atoms with Gasteiger partial charge in [0, 0.05) is 28.7 Å². The largest absolute Gasteiger partial charge is 0.331 e. The van der Waals surface area contributed by atoms with Crippen molar-refractivity contribution in [2.75, 3.05) is 18.9 Å². The van der Waals surface area contributed by atoms with Crippen molar-refractivity contribution in [3.63, 3.8) is 0 Å². The van der Waals surface area contributed by atoms with E-state index in [-0.39, 0.29) is 23.0 Å². The molecule has 3 rings (SSSR count). The number of anilines is 1. The number of hydrogen-bond donors (Lipinski definition) is 1. The number of nitrogens with zero attached hydrogens (tertiary/aromatic N) is 1. The molecule has 0 heterocycles. The van der Waals surface area contributed by atoms with Gasteiger partial charge in [0.05, 0.1) is 23.0 Å². The Balaban J connectivity index is 1.80. The minimum absolute atomic E-state index is 0.124. The van der Waals surface area contributed by atoms with Crippen molar-refractivity contribution in [2.24, 2.45) is 5.92 Å². The zero-order valence-corrected chi connectivity index (χ0v) is 19.3. The lowest BCUT2D eigenvalue weighted by molar-refractivity contribution is -0.117. The summed E-state index contributed by atoms with van der Waals surface area (Å²) >= 11 is 31.0. The predicted octanol–water partition coefficient (Wildman–Crippen LogP) is 5.88. The number of nitrogens with one attached hydrogen (secondary N) is 1. The molecule has 30 heavy (non-hydrogen) atoms. The SMILES string of the molecule is C#CCN(C)C(=O)c1cc(NC(=O)C2C(c3cc(Cl)cc(Cl)c3)C2(Cl)Cl)ccc1Cl. The highest BCUT2D eigenvalue weighted by Crippen LogP contribution is 2.65. The van der Waals surface area contributed by atoms with Gasteiger partial charge in [-0.15, -0.1) is 29.6 Å². The molecule has 9 heteroatoms. The Morgan fingerprint density at radius 3 is 2.37 bits per heavy atom. The van der Waals surface area contributed by atoms with Crippen LogP contribution in [0.5, 0.6) is 0 Å². The van der Waals surface area contributed by atoms with E-state index in [1.54, 1.807) is 31.3 Å². The highest BCUT2D eigenvalue weighted by Gasteiger charge is 2.67. The highest BCUT2D eigenvalue weighted by atomic mass is 35.5. The van der Waals surface area contributed by atoms with Gasteiger partial charge < -0.3 is 10.2 Å². The number of benzene rings is 2. The minimum atomic E-state index is -1.31. The van der Waals surface area contributed by atoms with Crippen molar-refractivity contribution in [1.29, 1.82) is 0 Å². The first-order valence-corrected chi connectivity index (χ1v) is 10.6. The summed E-state index contributed by atoms with van der Waals surface area (Å²) in [7, 11) is 1.56.